The Morgan fingerprint density at radius 1 is 1.18 bits per heavy atom. The number of ketones is 1. The summed E-state index contributed by atoms with van der Waals surface area (Å²) < 4.78 is 11.4. The number of likely N-dealkylation sites (tertiary alicyclic amines) is 1. The van der Waals surface area contributed by atoms with Crippen LogP contribution in [0.1, 0.15) is 49.2 Å². The van der Waals surface area contributed by atoms with E-state index in [1.54, 1.807) is 17.9 Å². The topological polar surface area (TPSA) is 88.8 Å². The summed E-state index contributed by atoms with van der Waals surface area (Å²) in [5, 5.41) is 2.92. The highest BCUT2D eigenvalue weighted by atomic mass is 32.1. The molecule has 2 amide bonds. The lowest BCUT2D eigenvalue weighted by Crippen LogP contribution is -2.58. The third-order valence-corrected chi connectivity index (χ3v) is 6.16. The van der Waals surface area contributed by atoms with E-state index in [1.165, 1.54) is 0 Å². The summed E-state index contributed by atoms with van der Waals surface area (Å²) in [6.45, 7) is 6.31. The van der Waals surface area contributed by atoms with Gasteiger partial charge in [-0.1, -0.05) is 44.2 Å². The number of rotatable bonds is 6. The van der Waals surface area contributed by atoms with E-state index in [9.17, 15) is 14.4 Å². The van der Waals surface area contributed by atoms with Gasteiger partial charge < -0.3 is 19.4 Å². The fourth-order valence-electron chi connectivity index (χ4n) is 4.62. The number of nitrogens with one attached hydrogen (secondary N) is 1. The minimum atomic E-state index is -0.718. The monoisotopic (exact) mass is 506 g/mol. The molecule has 0 radical (unpaired) electrons. The van der Waals surface area contributed by atoms with Crippen LogP contribution in [0.4, 0.5) is 0 Å². The molecule has 0 saturated carbocycles. The van der Waals surface area contributed by atoms with Crippen LogP contribution in [0.3, 0.4) is 0 Å². The number of furan rings is 1. The maximum absolute atomic E-state index is 13.5. The standard InChI is InChI=1S/C25H30N2O5.2H2S/c1-15(2)12-19(25(30)27-11-7-10-21-23(27)20(28)14-31-21)26-24(29)18-13-22(32-16(18)3)17-8-5-4-6-9-17;;/h4-6,8-9,13,15,19,21,23H,7,10-12,14H2,1-3H3,(H,26,29);2*1H2/t19-,21+,23+;;/m0../s1. The Labute approximate surface area is 214 Å². The number of nitrogens with zero attached hydrogens (tertiary/aromatic N) is 1. The zero-order chi connectivity index (χ0) is 22.8. The molecule has 1 N–H and O–H groups in total. The third-order valence-electron chi connectivity index (χ3n) is 6.16. The van der Waals surface area contributed by atoms with E-state index in [1.807, 2.05) is 44.2 Å². The van der Waals surface area contributed by atoms with Crippen LogP contribution in [0.2, 0.25) is 0 Å². The fraction of sp³-hybridized carbons (Fsp3) is 0.480. The number of fused-ring (bicyclic) bond motifs is 1. The highest BCUT2D eigenvalue weighted by Crippen LogP contribution is 2.28. The largest absolute Gasteiger partial charge is 0.461 e. The van der Waals surface area contributed by atoms with Gasteiger partial charge in [-0.2, -0.15) is 27.0 Å². The van der Waals surface area contributed by atoms with Crippen molar-refractivity contribution in [3.63, 3.8) is 0 Å². The Kier molecular flexibility index (Phi) is 9.84. The number of hydrogen-bond acceptors (Lipinski definition) is 5. The molecule has 2 aliphatic heterocycles. The Morgan fingerprint density at radius 2 is 1.88 bits per heavy atom. The van der Waals surface area contributed by atoms with Gasteiger partial charge in [-0.15, -0.1) is 0 Å². The van der Waals surface area contributed by atoms with Crippen molar-refractivity contribution in [2.75, 3.05) is 13.2 Å². The van der Waals surface area contributed by atoms with Crippen molar-refractivity contribution in [2.24, 2.45) is 5.92 Å². The molecule has 0 bridgehead atoms. The van der Waals surface area contributed by atoms with Crippen LogP contribution in [0.15, 0.2) is 40.8 Å². The molecular weight excluding hydrogens is 472 g/mol. The number of amides is 2. The van der Waals surface area contributed by atoms with Crippen LogP contribution < -0.4 is 5.32 Å². The van der Waals surface area contributed by atoms with Crippen molar-refractivity contribution in [1.82, 2.24) is 10.2 Å². The first-order valence-electron chi connectivity index (χ1n) is 11.3. The molecule has 7 nitrogen and oxygen atoms in total. The minimum absolute atomic E-state index is 0. The van der Waals surface area contributed by atoms with E-state index in [0.29, 0.717) is 30.0 Å². The van der Waals surface area contributed by atoms with Crippen molar-refractivity contribution in [1.29, 1.82) is 0 Å². The lowest BCUT2D eigenvalue weighted by molar-refractivity contribution is -0.142. The Bertz CT molecular complexity index is 1010. The lowest BCUT2D eigenvalue weighted by atomic mass is 9.95. The summed E-state index contributed by atoms with van der Waals surface area (Å²) in [6, 6.07) is 10.0. The highest BCUT2D eigenvalue weighted by Gasteiger charge is 2.45. The maximum Gasteiger partial charge on any atom is 0.255 e. The van der Waals surface area contributed by atoms with Crippen molar-refractivity contribution >= 4 is 44.6 Å². The molecule has 1 aromatic carbocycles. The lowest BCUT2D eigenvalue weighted by Gasteiger charge is -2.37. The van der Waals surface area contributed by atoms with Gasteiger partial charge in [0.2, 0.25) is 5.91 Å². The molecule has 34 heavy (non-hydrogen) atoms. The first kappa shape index (κ1) is 28.0. The summed E-state index contributed by atoms with van der Waals surface area (Å²) >= 11 is 0. The maximum atomic E-state index is 13.5. The number of benzene rings is 1. The molecule has 2 aliphatic rings. The Morgan fingerprint density at radius 3 is 2.56 bits per heavy atom. The summed E-state index contributed by atoms with van der Waals surface area (Å²) in [7, 11) is 0. The average molecular weight is 507 g/mol. The SMILES string of the molecule is Cc1oc(-c2ccccc2)cc1C(=O)N[C@@H](CC(C)C)C(=O)N1CCC[C@H]2OCC(=O)[C@H]21.S.S. The summed E-state index contributed by atoms with van der Waals surface area (Å²) in [4.78, 5) is 40.6. The van der Waals surface area contributed by atoms with Crippen LogP contribution in [0.25, 0.3) is 11.3 Å². The van der Waals surface area contributed by atoms with Crippen LogP contribution in [0, 0.1) is 12.8 Å². The highest BCUT2D eigenvalue weighted by molar-refractivity contribution is 7.59. The number of ether oxygens (including phenoxy) is 1. The first-order chi connectivity index (χ1) is 15.3. The quantitative estimate of drug-likeness (QED) is 0.647. The van der Waals surface area contributed by atoms with E-state index < -0.39 is 12.1 Å². The van der Waals surface area contributed by atoms with E-state index in [4.69, 9.17) is 9.15 Å². The van der Waals surface area contributed by atoms with E-state index in [0.717, 1.165) is 18.4 Å². The average Bonchev–Trinajstić information content (AvgIpc) is 3.36. The van der Waals surface area contributed by atoms with E-state index >= 15 is 0 Å². The summed E-state index contributed by atoms with van der Waals surface area (Å²) in [5.41, 5.74) is 1.28. The smallest absolute Gasteiger partial charge is 0.255 e. The number of aryl methyl sites for hydroxylation is 1. The van der Waals surface area contributed by atoms with Crippen LogP contribution in [0.5, 0.6) is 0 Å². The van der Waals surface area contributed by atoms with Gasteiger partial charge in [0.05, 0.1) is 11.7 Å². The molecule has 186 valence electrons. The second-order valence-corrected chi connectivity index (χ2v) is 9.04. The van der Waals surface area contributed by atoms with Gasteiger partial charge in [-0.25, -0.2) is 0 Å². The molecule has 4 rings (SSSR count). The van der Waals surface area contributed by atoms with Gasteiger partial charge in [-0.3, -0.25) is 14.4 Å². The summed E-state index contributed by atoms with van der Waals surface area (Å²) in [5.74, 6) is 0.656. The van der Waals surface area contributed by atoms with Gasteiger partial charge in [0.25, 0.3) is 5.91 Å². The first-order valence-corrected chi connectivity index (χ1v) is 11.3. The van der Waals surface area contributed by atoms with Crippen LogP contribution in [-0.4, -0.2) is 53.8 Å². The molecule has 0 unspecified atom stereocenters. The minimum Gasteiger partial charge on any atom is -0.461 e. The van der Waals surface area contributed by atoms with Gasteiger partial charge in [0.1, 0.15) is 30.2 Å². The molecule has 0 spiro atoms. The molecule has 0 aliphatic carbocycles. The van der Waals surface area contributed by atoms with Crippen LogP contribution >= 0.6 is 27.0 Å². The molecule has 3 atom stereocenters. The molecule has 9 heteroatoms. The Hall–Kier alpha value is -2.23. The predicted molar refractivity (Wildman–Crippen MR) is 140 cm³/mol. The van der Waals surface area contributed by atoms with Gasteiger partial charge in [0, 0.05) is 12.1 Å². The molecular formula is C25H34N2O5S2. The molecule has 2 fully saturated rings. The van der Waals surface area contributed by atoms with E-state index in [2.05, 4.69) is 5.32 Å². The number of carbonyl (C=O) groups is 3. The van der Waals surface area contributed by atoms with E-state index in [-0.39, 0.29) is 63.2 Å². The van der Waals surface area contributed by atoms with Crippen molar-refractivity contribution in [2.45, 2.75) is 58.2 Å². The summed E-state index contributed by atoms with van der Waals surface area (Å²) in [6.07, 6.45) is 1.80. The van der Waals surface area contributed by atoms with Crippen molar-refractivity contribution < 1.29 is 23.5 Å². The van der Waals surface area contributed by atoms with Gasteiger partial charge in [0.15, 0.2) is 5.78 Å². The zero-order valence-corrected chi connectivity index (χ0v) is 21.8. The van der Waals surface area contributed by atoms with Crippen molar-refractivity contribution in [3.8, 4) is 11.3 Å². The second kappa shape index (κ2) is 12.0. The molecule has 1 aromatic heterocycles. The fourth-order valence-corrected chi connectivity index (χ4v) is 4.62. The van der Waals surface area contributed by atoms with Gasteiger partial charge >= 0.3 is 0 Å². The third kappa shape index (κ3) is 5.87. The van der Waals surface area contributed by atoms with Crippen molar-refractivity contribution in [3.05, 3.63) is 47.7 Å². The number of piperidine rings is 1. The normalized spacial score (nSPS) is 20.2. The number of hydrogen-bond donors (Lipinski definition) is 1. The van der Waals surface area contributed by atoms with Gasteiger partial charge in [-0.05, 0) is 38.2 Å². The molecule has 3 heterocycles. The number of carbonyl (C=O) groups excluding carboxylic acids is 3. The molecule has 2 saturated heterocycles. The molecule has 2 aromatic rings. The second-order valence-electron chi connectivity index (χ2n) is 9.04. The Balaban J connectivity index is 0.00000204. The zero-order valence-electron chi connectivity index (χ0n) is 19.8. The predicted octanol–water partition coefficient (Wildman–Crippen LogP) is 3.58. The van der Waals surface area contributed by atoms with Crippen LogP contribution in [-0.2, 0) is 14.3 Å². The number of Topliss-reactive ketones (excluding diaryl/α,β-unsaturated/α-hetero) is 1.